The van der Waals surface area contributed by atoms with E-state index in [9.17, 15) is 0 Å². The van der Waals surface area contributed by atoms with Crippen LogP contribution < -0.4 is 15.2 Å². The lowest BCUT2D eigenvalue weighted by Gasteiger charge is -2.27. The van der Waals surface area contributed by atoms with Gasteiger partial charge in [-0.1, -0.05) is 6.07 Å². The van der Waals surface area contributed by atoms with E-state index >= 15 is 0 Å². The van der Waals surface area contributed by atoms with E-state index in [4.69, 9.17) is 15.2 Å². The van der Waals surface area contributed by atoms with Crippen LogP contribution in [0.5, 0.6) is 11.5 Å². The largest absolute Gasteiger partial charge is 0.490 e. The lowest BCUT2D eigenvalue weighted by atomic mass is 10.0. The fourth-order valence-electron chi connectivity index (χ4n) is 2.20. The summed E-state index contributed by atoms with van der Waals surface area (Å²) in [6.07, 6.45) is 0. The molecule has 0 saturated carbocycles. The predicted octanol–water partition coefficient (Wildman–Crippen LogP) is 3.33. The second kappa shape index (κ2) is 8.05. The van der Waals surface area contributed by atoms with Gasteiger partial charge in [-0.3, -0.25) is 0 Å². The molecule has 0 aromatic heterocycles. The van der Waals surface area contributed by atoms with Crippen LogP contribution in [0.4, 0.5) is 0 Å². The van der Waals surface area contributed by atoms with Crippen LogP contribution in [0.2, 0.25) is 0 Å². The van der Waals surface area contributed by atoms with Crippen molar-refractivity contribution >= 4 is 23.5 Å². The van der Waals surface area contributed by atoms with Gasteiger partial charge in [0, 0.05) is 28.6 Å². The van der Waals surface area contributed by atoms with Gasteiger partial charge in [0.2, 0.25) is 0 Å². The Balaban J connectivity index is 2.16. The molecule has 0 amide bonds. The first-order valence-corrected chi connectivity index (χ1v) is 9.31. The molecule has 2 N–H and O–H groups in total. The maximum atomic E-state index is 6.43. The third kappa shape index (κ3) is 3.99. The van der Waals surface area contributed by atoms with Crippen LogP contribution in [-0.2, 0) is 0 Å². The molecule has 0 radical (unpaired) electrons. The van der Waals surface area contributed by atoms with E-state index in [1.807, 2.05) is 49.5 Å². The smallest absolute Gasteiger partial charge is 0.161 e. The Morgan fingerprint density at radius 1 is 1.20 bits per heavy atom. The molecule has 2 rings (SSSR count). The van der Waals surface area contributed by atoms with Crippen LogP contribution in [0.15, 0.2) is 18.2 Å². The van der Waals surface area contributed by atoms with Gasteiger partial charge in [0.25, 0.3) is 0 Å². The van der Waals surface area contributed by atoms with Crippen molar-refractivity contribution in [1.29, 1.82) is 0 Å². The van der Waals surface area contributed by atoms with Gasteiger partial charge in [-0.05, 0) is 31.5 Å². The highest BCUT2D eigenvalue weighted by atomic mass is 32.2. The Bertz CT molecular complexity index is 422. The molecule has 0 bridgehead atoms. The first-order chi connectivity index (χ1) is 9.76. The monoisotopic (exact) mass is 313 g/mol. The quantitative estimate of drug-likeness (QED) is 0.872. The minimum atomic E-state index is 0.0580. The van der Waals surface area contributed by atoms with E-state index in [0.29, 0.717) is 18.5 Å². The summed E-state index contributed by atoms with van der Waals surface area (Å²) in [6, 6.07) is 6.14. The molecule has 20 heavy (non-hydrogen) atoms. The molecule has 5 heteroatoms. The van der Waals surface area contributed by atoms with Crippen molar-refractivity contribution in [3.8, 4) is 11.5 Å². The summed E-state index contributed by atoms with van der Waals surface area (Å²) in [5.41, 5.74) is 7.56. The zero-order valence-electron chi connectivity index (χ0n) is 12.1. The number of hydrogen-bond acceptors (Lipinski definition) is 5. The Morgan fingerprint density at radius 2 is 1.95 bits per heavy atom. The summed E-state index contributed by atoms with van der Waals surface area (Å²) in [5, 5.41) is 0.487. The average Bonchev–Trinajstić information content (AvgIpc) is 2.50. The summed E-state index contributed by atoms with van der Waals surface area (Å²) in [6.45, 7) is 5.23. The minimum absolute atomic E-state index is 0.0580. The Morgan fingerprint density at radius 3 is 2.60 bits per heavy atom. The van der Waals surface area contributed by atoms with Gasteiger partial charge in [0.1, 0.15) is 0 Å². The number of nitrogens with two attached hydrogens (primary N) is 1. The molecule has 1 saturated heterocycles. The Labute approximate surface area is 130 Å². The molecule has 1 fully saturated rings. The lowest BCUT2D eigenvalue weighted by Crippen LogP contribution is -2.28. The highest BCUT2D eigenvalue weighted by molar-refractivity contribution is 8.06. The fraction of sp³-hybridized carbons (Fsp3) is 0.600. The second-order valence-corrected chi connectivity index (χ2v) is 7.08. The van der Waals surface area contributed by atoms with E-state index < -0.39 is 0 Å². The molecule has 2 unspecified atom stereocenters. The topological polar surface area (TPSA) is 44.5 Å². The van der Waals surface area contributed by atoms with Gasteiger partial charge >= 0.3 is 0 Å². The number of hydrogen-bond donors (Lipinski definition) is 1. The summed E-state index contributed by atoms with van der Waals surface area (Å²) >= 11 is 3.98. The zero-order valence-corrected chi connectivity index (χ0v) is 13.8. The van der Waals surface area contributed by atoms with E-state index in [1.165, 1.54) is 11.5 Å². The molecular weight excluding hydrogens is 290 g/mol. The van der Waals surface area contributed by atoms with Crippen molar-refractivity contribution < 1.29 is 9.47 Å². The molecule has 1 heterocycles. The van der Waals surface area contributed by atoms with Crippen molar-refractivity contribution in [1.82, 2.24) is 0 Å². The molecule has 3 nitrogen and oxygen atoms in total. The summed E-state index contributed by atoms with van der Waals surface area (Å²) < 4.78 is 11.3. The van der Waals surface area contributed by atoms with Gasteiger partial charge in [-0.2, -0.15) is 23.5 Å². The third-order valence-corrected chi connectivity index (χ3v) is 6.08. The predicted molar refractivity (Wildman–Crippen MR) is 89.3 cm³/mol. The van der Waals surface area contributed by atoms with Gasteiger partial charge < -0.3 is 15.2 Å². The first kappa shape index (κ1) is 15.9. The molecule has 0 aliphatic carbocycles. The molecule has 1 aliphatic heterocycles. The summed E-state index contributed by atoms with van der Waals surface area (Å²) in [4.78, 5) is 0. The molecule has 1 aromatic carbocycles. The average molecular weight is 313 g/mol. The van der Waals surface area contributed by atoms with Crippen molar-refractivity contribution in [2.75, 3.05) is 30.5 Å². The third-order valence-electron chi connectivity index (χ3n) is 3.19. The van der Waals surface area contributed by atoms with Gasteiger partial charge in [0.05, 0.1) is 13.2 Å². The molecular formula is C15H23NO2S2. The Hall–Kier alpha value is -0.520. The number of thioether (sulfide) groups is 2. The number of ether oxygens (including phenoxy) is 2. The van der Waals surface area contributed by atoms with Crippen LogP contribution in [0.25, 0.3) is 0 Å². The van der Waals surface area contributed by atoms with Gasteiger partial charge in [-0.15, -0.1) is 0 Å². The standard InChI is InChI=1S/C15H23NO2S2/c1-3-17-12-6-5-11(9-13(12)18-4-2)15(16)14-10-19-7-8-20-14/h5-6,9,14-15H,3-4,7-8,10,16H2,1-2H3. The molecule has 112 valence electrons. The number of benzene rings is 1. The van der Waals surface area contributed by atoms with Crippen LogP contribution in [0, 0.1) is 0 Å². The molecule has 0 spiro atoms. The SMILES string of the molecule is CCOc1ccc(C(N)C2CSCCS2)cc1OCC. The zero-order chi connectivity index (χ0) is 14.4. The normalized spacial score (nSPS) is 20.4. The van der Waals surface area contributed by atoms with Gasteiger partial charge in [0.15, 0.2) is 11.5 Å². The second-order valence-electron chi connectivity index (χ2n) is 4.58. The minimum Gasteiger partial charge on any atom is -0.490 e. The lowest BCUT2D eigenvalue weighted by molar-refractivity contribution is 0.287. The van der Waals surface area contributed by atoms with Gasteiger partial charge in [-0.25, -0.2) is 0 Å². The highest BCUT2D eigenvalue weighted by Gasteiger charge is 2.23. The van der Waals surface area contributed by atoms with E-state index in [1.54, 1.807) is 0 Å². The molecule has 1 aromatic rings. The van der Waals surface area contributed by atoms with E-state index in [-0.39, 0.29) is 6.04 Å². The summed E-state index contributed by atoms with van der Waals surface area (Å²) in [7, 11) is 0. The highest BCUT2D eigenvalue weighted by Crippen LogP contribution is 2.36. The number of rotatable bonds is 6. The first-order valence-electron chi connectivity index (χ1n) is 7.10. The van der Waals surface area contributed by atoms with Crippen LogP contribution >= 0.6 is 23.5 Å². The maximum absolute atomic E-state index is 6.43. The van der Waals surface area contributed by atoms with Crippen LogP contribution in [0.3, 0.4) is 0 Å². The van der Waals surface area contributed by atoms with E-state index in [2.05, 4.69) is 6.07 Å². The Kier molecular flexibility index (Phi) is 6.39. The summed E-state index contributed by atoms with van der Waals surface area (Å²) in [5.74, 6) is 5.16. The molecule has 1 aliphatic rings. The van der Waals surface area contributed by atoms with Crippen molar-refractivity contribution in [2.45, 2.75) is 25.1 Å². The van der Waals surface area contributed by atoms with Crippen LogP contribution in [0.1, 0.15) is 25.5 Å². The van der Waals surface area contributed by atoms with Crippen molar-refractivity contribution in [2.24, 2.45) is 5.73 Å². The maximum Gasteiger partial charge on any atom is 0.161 e. The van der Waals surface area contributed by atoms with Crippen molar-refractivity contribution in [3.05, 3.63) is 23.8 Å². The van der Waals surface area contributed by atoms with Crippen LogP contribution in [-0.4, -0.2) is 35.7 Å². The van der Waals surface area contributed by atoms with Crippen molar-refractivity contribution in [3.63, 3.8) is 0 Å². The van der Waals surface area contributed by atoms with E-state index in [0.717, 1.165) is 22.8 Å². The molecule has 2 atom stereocenters. The fourth-order valence-corrected chi connectivity index (χ4v) is 5.01.